The van der Waals surface area contributed by atoms with Gasteiger partial charge in [-0.2, -0.15) is 0 Å². The number of benzene rings is 1. The predicted octanol–water partition coefficient (Wildman–Crippen LogP) is 5.36. The Hall–Kier alpha value is -3.02. The first-order valence-electron chi connectivity index (χ1n) is 11.1. The zero-order chi connectivity index (χ0) is 21.8. The lowest BCUT2D eigenvalue weighted by atomic mass is 9.98. The van der Waals surface area contributed by atoms with Crippen molar-refractivity contribution in [1.29, 1.82) is 0 Å². The maximum Gasteiger partial charge on any atom is 0.232 e. The summed E-state index contributed by atoms with van der Waals surface area (Å²) in [4.78, 5) is 17.2. The Morgan fingerprint density at radius 3 is 2.52 bits per heavy atom. The van der Waals surface area contributed by atoms with Crippen LogP contribution in [0.15, 0.2) is 57.7 Å². The van der Waals surface area contributed by atoms with E-state index in [9.17, 15) is 4.79 Å². The van der Waals surface area contributed by atoms with Crippen LogP contribution in [0.1, 0.15) is 44.9 Å². The Kier molecular flexibility index (Phi) is 6.44. The second-order valence-electron chi connectivity index (χ2n) is 8.78. The van der Waals surface area contributed by atoms with Crippen molar-refractivity contribution >= 4 is 11.8 Å². The highest BCUT2D eigenvalue weighted by molar-refractivity contribution is 5.79. The lowest BCUT2D eigenvalue weighted by molar-refractivity contribution is -0.136. The number of hydrogen-bond donors (Lipinski definition) is 0. The summed E-state index contributed by atoms with van der Waals surface area (Å²) in [5.74, 6) is 2.23. The number of hydrogen-bond acceptors (Lipinski definition) is 5. The van der Waals surface area contributed by atoms with Gasteiger partial charge in [0.15, 0.2) is 0 Å². The maximum atomic E-state index is 13.1. The fourth-order valence-corrected chi connectivity index (χ4v) is 4.08. The fourth-order valence-electron chi connectivity index (χ4n) is 4.08. The monoisotopic (exact) mass is 421 g/mol. The number of anilines is 1. The summed E-state index contributed by atoms with van der Waals surface area (Å²) in [6.45, 7) is 8.86. The Labute approximate surface area is 183 Å². The van der Waals surface area contributed by atoms with Gasteiger partial charge < -0.3 is 18.7 Å². The average molecular weight is 422 g/mol. The Bertz CT molecular complexity index is 971. The van der Waals surface area contributed by atoms with E-state index < -0.39 is 0 Å². The summed E-state index contributed by atoms with van der Waals surface area (Å²) in [7, 11) is 0. The van der Waals surface area contributed by atoms with Crippen molar-refractivity contribution in [3.63, 3.8) is 0 Å². The molecule has 0 saturated carbocycles. The van der Waals surface area contributed by atoms with Gasteiger partial charge in [-0.1, -0.05) is 56.3 Å². The van der Waals surface area contributed by atoms with Crippen LogP contribution >= 0.6 is 0 Å². The predicted molar refractivity (Wildman–Crippen MR) is 120 cm³/mol. The van der Waals surface area contributed by atoms with Crippen molar-refractivity contribution < 1.29 is 13.7 Å². The number of piperidine rings is 1. The minimum Gasteiger partial charge on any atom is -0.467 e. The first kappa shape index (κ1) is 21.2. The number of rotatable bonds is 7. The Balaban J connectivity index is 1.70. The molecule has 1 saturated heterocycles. The summed E-state index contributed by atoms with van der Waals surface area (Å²) < 4.78 is 11.5. The lowest BCUT2D eigenvalue weighted by Crippen LogP contribution is -2.36. The number of aromatic nitrogens is 1. The molecule has 3 aromatic rings. The minimum atomic E-state index is -0.116. The normalized spacial score (nSPS) is 14.9. The van der Waals surface area contributed by atoms with Gasteiger partial charge in [0.05, 0.1) is 24.9 Å². The lowest BCUT2D eigenvalue weighted by Gasteiger charge is -2.31. The van der Waals surface area contributed by atoms with Gasteiger partial charge in [0.2, 0.25) is 11.8 Å². The van der Waals surface area contributed by atoms with Gasteiger partial charge in [-0.3, -0.25) is 4.79 Å². The van der Waals surface area contributed by atoms with E-state index in [1.54, 1.807) is 6.26 Å². The van der Waals surface area contributed by atoms with Gasteiger partial charge in [-0.25, -0.2) is 0 Å². The van der Waals surface area contributed by atoms with Crippen molar-refractivity contribution in [2.45, 2.75) is 46.7 Å². The topological polar surface area (TPSA) is 62.7 Å². The molecule has 0 spiro atoms. The molecular weight excluding hydrogens is 390 g/mol. The van der Waals surface area contributed by atoms with E-state index in [2.05, 4.69) is 17.0 Å². The van der Waals surface area contributed by atoms with Crippen LogP contribution in [-0.2, 0) is 17.9 Å². The highest BCUT2D eigenvalue weighted by Gasteiger charge is 2.29. The average Bonchev–Trinajstić information content (AvgIpc) is 3.44. The van der Waals surface area contributed by atoms with Crippen molar-refractivity contribution in [2.24, 2.45) is 11.8 Å². The molecule has 6 nitrogen and oxygen atoms in total. The second-order valence-corrected chi connectivity index (χ2v) is 8.78. The molecule has 0 aliphatic carbocycles. The second kappa shape index (κ2) is 9.41. The number of nitrogens with zero attached hydrogens (tertiary/aromatic N) is 3. The van der Waals surface area contributed by atoms with Crippen LogP contribution in [0.4, 0.5) is 5.88 Å². The standard InChI is InChI=1S/C25H31N3O3/c1-18(2)24(29)28(16-21-10-7-15-30-21)17-22-23(20-8-5-4-6-9-20)26-31-25(22)27-13-11-19(3)12-14-27/h4-10,15,18-19H,11-14,16-17H2,1-3H3. The molecule has 1 aliphatic rings. The summed E-state index contributed by atoms with van der Waals surface area (Å²) in [5.41, 5.74) is 2.75. The van der Waals surface area contributed by atoms with Crippen molar-refractivity contribution in [2.75, 3.05) is 18.0 Å². The maximum absolute atomic E-state index is 13.1. The molecule has 0 bridgehead atoms. The zero-order valence-electron chi connectivity index (χ0n) is 18.6. The molecule has 2 aromatic heterocycles. The third-order valence-corrected chi connectivity index (χ3v) is 5.97. The first-order chi connectivity index (χ1) is 15.0. The molecular formula is C25H31N3O3. The molecule has 31 heavy (non-hydrogen) atoms. The molecule has 3 heterocycles. The number of amides is 1. The minimum absolute atomic E-state index is 0.0785. The highest BCUT2D eigenvalue weighted by atomic mass is 16.5. The van der Waals surface area contributed by atoms with Gasteiger partial charge in [-0.15, -0.1) is 0 Å². The fraction of sp³-hybridized carbons (Fsp3) is 0.440. The van der Waals surface area contributed by atoms with E-state index >= 15 is 0 Å². The van der Waals surface area contributed by atoms with E-state index in [1.165, 1.54) is 0 Å². The Morgan fingerprint density at radius 2 is 1.87 bits per heavy atom. The molecule has 0 unspecified atom stereocenters. The van der Waals surface area contributed by atoms with Gasteiger partial charge >= 0.3 is 0 Å². The molecule has 0 N–H and O–H groups in total. The highest BCUT2D eigenvalue weighted by Crippen LogP contribution is 2.35. The smallest absolute Gasteiger partial charge is 0.232 e. The molecule has 1 aliphatic heterocycles. The summed E-state index contributed by atoms with van der Waals surface area (Å²) in [5, 5.41) is 4.46. The van der Waals surface area contributed by atoms with Crippen LogP contribution in [-0.4, -0.2) is 29.1 Å². The van der Waals surface area contributed by atoms with Gasteiger partial charge in [0.1, 0.15) is 11.5 Å². The van der Waals surface area contributed by atoms with Gasteiger partial charge in [-0.05, 0) is 30.9 Å². The van der Waals surface area contributed by atoms with Crippen LogP contribution in [0.3, 0.4) is 0 Å². The molecule has 0 radical (unpaired) electrons. The van der Waals surface area contributed by atoms with Gasteiger partial charge in [0, 0.05) is 24.6 Å². The third-order valence-electron chi connectivity index (χ3n) is 5.97. The van der Waals surface area contributed by atoms with Crippen LogP contribution in [0.5, 0.6) is 0 Å². The Morgan fingerprint density at radius 1 is 1.13 bits per heavy atom. The third kappa shape index (κ3) is 4.84. The van der Waals surface area contributed by atoms with Crippen LogP contribution < -0.4 is 4.90 Å². The van der Waals surface area contributed by atoms with Gasteiger partial charge in [0.25, 0.3) is 0 Å². The molecule has 164 valence electrons. The molecule has 0 atom stereocenters. The van der Waals surface area contributed by atoms with E-state index in [1.807, 2.05) is 61.2 Å². The van der Waals surface area contributed by atoms with E-state index in [0.717, 1.165) is 54.4 Å². The molecule has 1 amide bonds. The number of carbonyl (C=O) groups is 1. The summed E-state index contributed by atoms with van der Waals surface area (Å²) in [6, 6.07) is 13.8. The van der Waals surface area contributed by atoms with Crippen molar-refractivity contribution in [3.05, 3.63) is 60.1 Å². The van der Waals surface area contributed by atoms with Crippen molar-refractivity contribution in [3.8, 4) is 11.3 Å². The molecule has 4 rings (SSSR count). The first-order valence-corrected chi connectivity index (χ1v) is 11.1. The van der Waals surface area contributed by atoms with Crippen molar-refractivity contribution in [1.82, 2.24) is 10.1 Å². The number of furan rings is 1. The molecule has 1 fully saturated rings. The largest absolute Gasteiger partial charge is 0.467 e. The SMILES string of the molecule is CC1CCN(c2onc(-c3ccccc3)c2CN(Cc2ccco2)C(=O)C(C)C)CC1. The van der Waals surface area contributed by atoms with E-state index in [0.29, 0.717) is 19.0 Å². The van der Waals surface area contributed by atoms with E-state index in [-0.39, 0.29) is 11.8 Å². The van der Waals surface area contributed by atoms with Crippen LogP contribution in [0.25, 0.3) is 11.3 Å². The van der Waals surface area contributed by atoms with Crippen LogP contribution in [0, 0.1) is 11.8 Å². The van der Waals surface area contributed by atoms with E-state index in [4.69, 9.17) is 8.94 Å². The zero-order valence-corrected chi connectivity index (χ0v) is 18.6. The number of carbonyl (C=O) groups excluding carboxylic acids is 1. The molecule has 6 heteroatoms. The quantitative estimate of drug-likeness (QED) is 0.514. The summed E-state index contributed by atoms with van der Waals surface area (Å²) >= 11 is 0. The van der Waals surface area contributed by atoms with Crippen LogP contribution in [0.2, 0.25) is 0 Å². The molecule has 1 aromatic carbocycles. The summed E-state index contributed by atoms with van der Waals surface area (Å²) in [6.07, 6.45) is 3.90.